The SMILES string of the molecule is C.CC.c1ccc(-c2cc(-c3ccccn3)nc(-c3ccccn3)c2)cc1. The summed E-state index contributed by atoms with van der Waals surface area (Å²) in [6.07, 6.45) is 3.57. The van der Waals surface area contributed by atoms with E-state index >= 15 is 0 Å². The van der Waals surface area contributed by atoms with Crippen LogP contribution in [0.4, 0.5) is 0 Å². The number of nitrogens with zero attached hydrogens (tertiary/aromatic N) is 3. The van der Waals surface area contributed by atoms with Gasteiger partial charge in [0.05, 0.1) is 22.8 Å². The number of benzene rings is 1. The molecule has 0 aliphatic heterocycles. The van der Waals surface area contributed by atoms with Crippen molar-refractivity contribution in [3.63, 3.8) is 0 Å². The zero-order valence-corrected chi connectivity index (χ0v) is 15.0. The smallest absolute Gasteiger partial charge is 0.0900 e. The van der Waals surface area contributed by atoms with Gasteiger partial charge in [0, 0.05) is 12.4 Å². The molecular formula is C24H25N3. The molecule has 0 fully saturated rings. The van der Waals surface area contributed by atoms with Crippen LogP contribution in [0.5, 0.6) is 0 Å². The fourth-order valence-corrected chi connectivity index (χ4v) is 2.62. The Kier molecular flexibility index (Phi) is 7.38. The second-order valence-corrected chi connectivity index (χ2v) is 5.42. The van der Waals surface area contributed by atoms with Crippen molar-refractivity contribution in [3.05, 3.63) is 91.3 Å². The van der Waals surface area contributed by atoms with Gasteiger partial charge in [-0.2, -0.15) is 0 Å². The van der Waals surface area contributed by atoms with Crippen LogP contribution in [0, 0.1) is 0 Å². The molecule has 0 bridgehead atoms. The van der Waals surface area contributed by atoms with Gasteiger partial charge in [-0.15, -0.1) is 0 Å². The maximum absolute atomic E-state index is 4.77. The lowest BCUT2D eigenvalue weighted by Gasteiger charge is -2.09. The third kappa shape index (κ3) is 4.85. The highest BCUT2D eigenvalue weighted by atomic mass is 14.8. The van der Waals surface area contributed by atoms with Gasteiger partial charge in [-0.3, -0.25) is 9.97 Å². The maximum atomic E-state index is 4.77. The molecule has 0 aliphatic carbocycles. The van der Waals surface area contributed by atoms with Gasteiger partial charge in [-0.1, -0.05) is 63.7 Å². The minimum Gasteiger partial charge on any atom is -0.255 e. The molecule has 3 heteroatoms. The highest BCUT2D eigenvalue weighted by Crippen LogP contribution is 2.28. The van der Waals surface area contributed by atoms with Crippen LogP contribution in [0.3, 0.4) is 0 Å². The fourth-order valence-electron chi connectivity index (χ4n) is 2.62. The molecule has 0 radical (unpaired) electrons. The number of pyridine rings is 3. The van der Waals surface area contributed by atoms with Gasteiger partial charge in [0.25, 0.3) is 0 Å². The van der Waals surface area contributed by atoms with E-state index < -0.39 is 0 Å². The summed E-state index contributed by atoms with van der Waals surface area (Å²) in [5, 5.41) is 0. The van der Waals surface area contributed by atoms with Crippen LogP contribution in [0.15, 0.2) is 91.3 Å². The largest absolute Gasteiger partial charge is 0.255 e. The molecule has 1 aromatic carbocycles. The standard InChI is InChI=1S/C21H15N3.C2H6.CH4/c1-2-8-16(9-3-1)17-14-20(18-10-4-6-12-22-18)24-21(15-17)19-11-5-7-13-23-19;1-2;/h1-15H;1-2H3;1H4. The van der Waals surface area contributed by atoms with Crippen LogP contribution < -0.4 is 0 Å². The van der Waals surface area contributed by atoms with Crippen molar-refractivity contribution in [1.82, 2.24) is 15.0 Å². The van der Waals surface area contributed by atoms with Gasteiger partial charge < -0.3 is 0 Å². The summed E-state index contributed by atoms with van der Waals surface area (Å²) in [5.74, 6) is 0. The molecule has 3 aromatic heterocycles. The van der Waals surface area contributed by atoms with E-state index in [9.17, 15) is 0 Å². The first kappa shape index (κ1) is 20.0. The minimum absolute atomic E-state index is 0. The van der Waals surface area contributed by atoms with E-state index in [1.807, 2.05) is 68.4 Å². The predicted molar refractivity (Wildman–Crippen MR) is 114 cm³/mol. The molecule has 27 heavy (non-hydrogen) atoms. The van der Waals surface area contributed by atoms with Crippen molar-refractivity contribution in [2.24, 2.45) is 0 Å². The van der Waals surface area contributed by atoms with Gasteiger partial charge >= 0.3 is 0 Å². The molecule has 0 N–H and O–H groups in total. The van der Waals surface area contributed by atoms with Crippen LogP contribution in [-0.2, 0) is 0 Å². The molecule has 3 nitrogen and oxygen atoms in total. The lowest BCUT2D eigenvalue weighted by molar-refractivity contribution is 1.22. The highest BCUT2D eigenvalue weighted by molar-refractivity contribution is 5.74. The molecule has 0 amide bonds. The molecule has 4 aromatic rings. The highest BCUT2D eigenvalue weighted by Gasteiger charge is 2.09. The summed E-state index contributed by atoms with van der Waals surface area (Å²) in [5.41, 5.74) is 5.65. The van der Waals surface area contributed by atoms with Crippen molar-refractivity contribution in [3.8, 4) is 33.9 Å². The Morgan fingerprint density at radius 2 is 1.00 bits per heavy atom. The summed E-state index contributed by atoms with van der Waals surface area (Å²) in [6, 6.07) is 26.1. The molecule has 4 rings (SSSR count). The summed E-state index contributed by atoms with van der Waals surface area (Å²) < 4.78 is 0. The summed E-state index contributed by atoms with van der Waals surface area (Å²) in [4.78, 5) is 13.6. The molecule has 0 saturated carbocycles. The quantitative estimate of drug-likeness (QED) is 0.419. The predicted octanol–water partition coefficient (Wildman–Crippen LogP) is 6.53. The Morgan fingerprint density at radius 3 is 1.44 bits per heavy atom. The molecule has 0 saturated heterocycles. The first-order chi connectivity index (χ1) is 12.9. The number of hydrogen-bond donors (Lipinski definition) is 0. The Morgan fingerprint density at radius 1 is 0.519 bits per heavy atom. The first-order valence-electron chi connectivity index (χ1n) is 8.80. The van der Waals surface area contributed by atoms with E-state index in [-0.39, 0.29) is 7.43 Å². The maximum Gasteiger partial charge on any atom is 0.0900 e. The molecule has 0 spiro atoms. The third-order valence-corrected chi connectivity index (χ3v) is 3.79. The molecular weight excluding hydrogens is 330 g/mol. The van der Waals surface area contributed by atoms with Crippen molar-refractivity contribution in [2.75, 3.05) is 0 Å². The van der Waals surface area contributed by atoms with Gasteiger partial charge in [0.1, 0.15) is 0 Å². The van der Waals surface area contributed by atoms with Crippen molar-refractivity contribution in [2.45, 2.75) is 21.3 Å². The average Bonchev–Trinajstić information content (AvgIpc) is 2.77. The molecule has 0 atom stereocenters. The van der Waals surface area contributed by atoms with E-state index in [1.165, 1.54) is 0 Å². The molecule has 3 heterocycles. The van der Waals surface area contributed by atoms with E-state index in [1.54, 1.807) is 12.4 Å². The fraction of sp³-hybridized carbons (Fsp3) is 0.125. The number of aromatic nitrogens is 3. The van der Waals surface area contributed by atoms with Crippen LogP contribution in [0.1, 0.15) is 21.3 Å². The van der Waals surface area contributed by atoms with Crippen LogP contribution >= 0.6 is 0 Å². The summed E-state index contributed by atoms with van der Waals surface area (Å²) in [7, 11) is 0. The summed E-state index contributed by atoms with van der Waals surface area (Å²) in [6.45, 7) is 4.00. The lowest BCUT2D eigenvalue weighted by Crippen LogP contribution is -1.93. The first-order valence-corrected chi connectivity index (χ1v) is 8.80. The summed E-state index contributed by atoms with van der Waals surface area (Å²) >= 11 is 0. The second-order valence-electron chi connectivity index (χ2n) is 5.42. The van der Waals surface area contributed by atoms with Gasteiger partial charge in [-0.05, 0) is 47.5 Å². The second kappa shape index (κ2) is 9.97. The number of hydrogen-bond acceptors (Lipinski definition) is 3. The van der Waals surface area contributed by atoms with E-state index in [2.05, 4.69) is 34.2 Å². The molecule has 136 valence electrons. The normalized spacial score (nSPS) is 9.56. The van der Waals surface area contributed by atoms with Gasteiger partial charge in [0.15, 0.2) is 0 Å². The monoisotopic (exact) mass is 355 g/mol. The lowest BCUT2D eigenvalue weighted by atomic mass is 10.0. The van der Waals surface area contributed by atoms with Crippen LogP contribution in [0.25, 0.3) is 33.9 Å². The topological polar surface area (TPSA) is 38.7 Å². The van der Waals surface area contributed by atoms with E-state index in [4.69, 9.17) is 4.98 Å². The Balaban J connectivity index is 0.000000844. The Labute approximate surface area is 161 Å². The van der Waals surface area contributed by atoms with Gasteiger partial charge in [0.2, 0.25) is 0 Å². The van der Waals surface area contributed by atoms with Crippen LogP contribution in [0.2, 0.25) is 0 Å². The molecule has 0 unspecified atom stereocenters. The van der Waals surface area contributed by atoms with Crippen LogP contribution in [-0.4, -0.2) is 15.0 Å². The third-order valence-electron chi connectivity index (χ3n) is 3.79. The number of rotatable bonds is 3. The Hall–Kier alpha value is -3.33. The van der Waals surface area contributed by atoms with Crippen molar-refractivity contribution >= 4 is 0 Å². The van der Waals surface area contributed by atoms with Crippen molar-refractivity contribution < 1.29 is 0 Å². The molecule has 0 aliphatic rings. The average molecular weight is 355 g/mol. The van der Waals surface area contributed by atoms with Gasteiger partial charge in [-0.25, -0.2) is 4.98 Å². The minimum atomic E-state index is 0. The van der Waals surface area contributed by atoms with E-state index in [0.717, 1.165) is 33.9 Å². The Bertz CT molecular complexity index is 797. The zero-order chi connectivity index (χ0) is 18.2. The zero-order valence-electron chi connectivity index (χ0n) is 15.0. The van der Waals surface area contributed by atoms with E-state index in [0.29, 0.717) is 0 Å². The van der Waals surface area contributed by atoms with Crippen molar-refractivity contribution in [1.29, 1.82) is 0 Å².